The lowest BCUT2D eigenvalue weighted by molar-refractivity contribution is 0.652. The van der Waals surface area contributed by atoms with Crippen LogP contribution in [0, 0.1) is 0 Å². The van der Waals surface area contributed by atoms with E-state index in [2.05, 4.69) is 245 Å². The first-order valence-corrected chi connectivity index (χ1v) is 23.2. The van der Waals surface area contributed by atoms with E-state index in [0.717, 1.165) is 39.0 Å². The number of anilines is 3. The summed E-state index contributed by atoms with van der Waals surface area (Å²) >= 11 is 0. The zero-order valence-electron chi connectivity index (χ0n) is 37.6. The van der Waals surface area contributed by atoms with Crippen LogP contribution in [0.15, 0.2) is 217 Å². The molecule has 0 unspecified atom stereocenters. The van der Waals surface area contributed by atoms with Gasteiger partial charge in [0.25, 0.3) is 0 Å². The van der Waals surface area contributed by atoms with Crippen molar-refractivity contribution in [3.63, 3.8) is 0 Å². The molecule has 2 aliphatic rings. The van der Waals surface area contributed by atoms with E-state index >= 15 is 0 Å². The minimum atomic E-state index is -0.253. The number of hydrogen-bond acceptors (Lipinski definition) is 2. The zero-order valence-corrected chi connectivity index (χ0v) is 37.6. The summed E-state index contributed by atoms with van der Waals surface area (Å²) in [5.41, 5.74) is 22.8. The van der Waals surface area contributed by atoms with Gasteiger partial charge in [0.2, 0.25) is 0 Å². The van der Waals surface area contributed by atoms with E-state index < -0.39 is 0 Å². The monoisotopic (exact) mass is 845 g/mol. The molecule has 0 aliphatic heterocycles. The number of hydrogen-bond donors (Lipinski definition) is 0. The van der Waals surface area contributed by atoms with E-state index in [0.29, 0.717) is 0 Å². The Morgan fingerprint density at radius 1 is 0.333 bits per heavy atom. The molecule has 0 bridgehead atoms. The van der Waals surface area contributed by atoms with E-state index in [1.54, 1.807) is 0 Å². The van der Waals surface area contributed by atoms with Gasteiger partial charge in [0, 0.05) is 32.7 Å². The highest BCUT2D eigenvalue weighted by atomic mass is 16.3. The fraction of sp³-hybridized carbons (Fsp3) is 0.0938. The molecule has 0 radical (unpaired) electrons. The second-order valence-electron chi connectivity index (χ2n) is 19.3. The van der Waals surface area contributed by atoms with E-state index in [9.17, 15) is 0 Å². The van der Waals surface area contributed by atoms with Crippen molar-refractivity contribution in [2.24, 2.45) is 0 Å². The van der Waals surface area contributed by atoms with Gasteiger partial charge in [-0.15, -0.1) is 0 Å². The lowest BCUT2D eigenvalue weighted by atomic mass is 9.79. The van der Waals surface area contributed by atoms with Gasteiger partial charge >= 0.3 is 0 Å². The summed E-state index contributed by atoms with van der Waals surface area (Å²) in [4.78, 5) is 2.44. The molecule has 1 aromatic heterocycles. The van der Waals surface area contributed by atoms with Gasteiger partial charge in [-0.05, 0) is 126 Å². The van der Waals surface area contributed by atoms with E-state index in [1.807, 2.05) is 0 Å². The molecule has 314 valence electrons. The van der Waals surface area contributed by atoms with Gasteiger partial charge in [-0.2, -0.15) is 0 Å². The predicted octanol–water partition coefficient (Wildman–Crippen LogP) is 17.8. The van der Waals surface area contributed by atoms with Crippen molar-refractivity contribution in [2.45, 2.75) is 38.5 Å². The Morgan fingerprint density at radius 3 is 1.52 bits per heavy atom. The summed E-state index contributed by atoms with van der Waals surface area (Å²) in [6.07, 6.45) is 0. The minimum Gasteiger partial charge on any atom is -0.454 e. The van der Waals surface area contributed by atoms with Crippen molar-refractivity contribution in [1.82, 2.24) is 0 Å². The molecule has 0 spiro atoms. The molecule has 11 aromatic rings. The molecule has 0 fully saturated rings. The van der Waals surface area contributed by atoms with Crippen molar-refractivity contribution in [3.8, 4) is 55.6 Å². The molecule has 1 heterocycles. The lowest BCUT2D eigenvalue weighted by Gasteiger charge is -2.30. The molecule has 10 aromatic carbocycles. The Labute approximate surface area is 386 Å². The van der Waals surface area contributed by atoms with Crippen LogP contribution < -0.4 is 4.90 Å². The Kier molecular flexibility index (Phi) is 8.33. The molecule has 2 nitrogen and oxygen atoms in total. The largest absolute Gasteiger partial charge is 0.454 e. The van der Waals surface area contributed by atoms with Gasteiger partial charge in [-0.25, -0.2) is 0 Å². The second kappa shape index (κ2) is 14.3. The lowest BCUT2D eigenvalue weighted by Crippen LogP contribution is -2.18. The fourth-order valence-corrected chi connectivity index (χ4v) is 11.4. The quantitative estimate of drug-likeness (QED) is 0.166. The minimum absolute atomic E-state index is 0.0883. The average Bonchev–Trinajstić information content (AvgIpc) is 3.94. The predicted molar refractivity (Wildman–Crippen MR) is 277 cm³/mol. The molecule has 13 rings (SSSR count). The summed E-state index contributed by atoms with van der Waals surface area (Å²) in [5, 5.41) is 4.69. The Bertz CT molecular complexity index is 3720. The van der Waals surface area contributed by atoms with Crippen LogP contribution in [0.5, 0.6) is 0 Å². The third-order valence-electron chi connectivity index (χ3n) is 14.9. The van der Waals surface area contributed by atoms with Gasteiger partial charge in [-0.3, -0.25) is 0 Å². The maximum atomic E-state index is 6.83. The van der Waals surface area contributed by atoms with Crippen LogP contribution in [-0.4, -0.2) is 0 Å². The molecule has 66 heavy (non-hydrogen) atoms. The third kappa shape index (κ3) is 5.67. The topological polar surface area (TPSA) is 16.4 Å². The molecule has 0 saturated heterocycles. The smallest absolute Gasteiger partial charge is 0.159 e. The van der Waals surface area contributed by atoms with Crippen molar-refractivity contribution < 1.29 is 4.42 Å². The van der Waals surface area contributed by atoms with Gasteiger partial charge in [-0.1, -0.05) is 198 Å². The summed E-state index contributed by atoms with van der Waals surface area (Å²) in [6, 6.07) is 78.0. The zero-order chi connectivity index (χ0) is 44.3. The van der Waals surface area contributed by atoms with Crippen LogP contribution in [0.1, 0.15) is 49.9 Å². The van der Waals surface area contributed by atoms with Crippen LogP contribution in [0.4, 0.5) is 17.1 Å². The van der Waals surface area contributed by atoms with Gasteiger partial charge < -0.3 is 9.32 Å². The SMILES string of the molecule is CC1(C)c2ccccc2-c2cc3c(cc21)-c1c(cc(N(c2ccc(-c4ccc(-c5ccc(-c6ccccc6)cc5)cc4)cc2)c2cccc4c2oc2ccccc24)c2ccccc12)C3(C)C. The van der Waals surface area contributed by atoms with Crippen molar-refractivity contribution in [2.75, 3.05) is 4.90 Å². The molecule has 0 atom stereocenters. The Balaban J connectivity index is 0.950. The molecule has 0 N–H and O–H groups in total. The molecule has 0 saturated carbocycles. The van der Waals surface area contributed by atoms with E-state index in [-0.39, 0.29) is 10.8 Å². The van der Waals surface area contributed by atoms with E-state index in [4.69, 9.17) is 4.42 Å². The molecule has 2 heteroatoms. The summed E-state index contributed by atoms with van der Waals surface area (Å²) in [5.74, 6) is 0. The van der Waals surface area contributed by atoms with Crippen molar-refractivity contribution >= 4 is 49.8 Å². The highest BCUT2D eigenvalue weighted by molar-refractivity contribution is 6.14. The van der Waals surface area contributed by atoms with Gasteiger partial charge in [0.1, 0.15) is 5.58 Å². The normalized spacial score (nSPS) is 14.0. The van der Waals surface area contributed by atoms with Gasteiger partial charge in [0.15, 0.2) is 5.58 Å². The number of rotatable bonds is 6. The summed E-state index contributed by atoms with van der Waals surface area (Å²) < 4.78 is 6.83. The highest BCUT2D eigenvalue weighted by Gasteiger charge is 2.43. The maximum absolute atomic E-state index is 6.83. The third-order valence-corrected chi connectivity index (χ3v) is 14.9. The molecule has 2 aliphatic carbocycles. The number of para-hydroxylation sites is 2. The molecule has 0 amide bonds. The van der Waals surface area contributed by atoms with Crippen LogP contribution in [-0.2, 0) is 10.8 Å². The highest BCUT2D eigenvalue weighted by Crippen LogP contribution is 2.59. The summed E-state index contributed by atoms with van der Waals surface area (Å²) in [6.45, 7) is 9.60. The average molecular weight is 846 g/mol. The van der Waals surface area contributed by atoms with Gasteiger partial charge in [0.05, 0.1) is 11.4 Å². The Morgan fingerprint density at radius 2 is 0.833 bits per heavy atom. The van der Waals surface area contributed by atoms with Crippen LogP contribution in [0.25, 0.3) is 88.3 Å². The van der Waals surface area contributed by atoms with Crippen molar-refractivity contribution in [3.05, 3.63) is 235 Å². The molecular formula is C64H47NO. The van der Waals surface area contributed by atoms with E-state index in [1.165, 1.54) is 88.7 Å². The number of fused-ring (bicyclic) bond motifs is 11. The standard InChI is InChI=1S/C64H47NO/c1-63(2)54-22-12-10-17-47(54)52-37-56-53(38-55(52)63)61-50-20-9-8-18-48(50)59(39-57(61)64(56,3)4)65(58-23-14-21-51-49-19-11-13-24-60(49)66-62(51)58)46-35-33-45(34-36-46)44-31-29-43(30-32-44)42-27-25-41(26-28-42)40-15-6-5-7-16-40/h5-39H,1-4H3. The first-order valence-electron chi connectivity index (χ1n) is 23.2. The number of nitrogens with zero attached hydrogens (tertiary/aromatic N) is 1. The van der Waals surface area contributed by atoms with Crippen LogP contribution >= 0.6 is 0 Å². The fourth-order valence-electron chi connectivity index (χ4n) is 11.4. The van der Waals surface area contributed by atoms with Crippen molar-refractivity contribution in [1.29, 1.82) is 0 Å². The first kappa shape index (κ1) is 38.5. The second-order valence-corrected chi connectivity index (χ2v) is 19.3. The maximum Gasteiger partial charge on any atom is 0.159 e. The van der Waals surface area contributed by atoms with Crippen LogP contribution in [0.3, 0.4) is 0 Å². The summed E-state index contributed by atoms with van der Waals surface area (Å²) in [7, 11) is 0. The Hall–Kier alpha value is -7.94. The number of benzene rings is 10. The molecular weight excluding hydrogens is 799 g/mol. The van der Waals surface area contributed by atoms with Crippen LogP contribution in [0.2, 0.25) is 0 Å². The number of furan rings is 1. The first-order chi connectivity index (χ1) is 32.2.